The molecular formula is C15H23NO2. The highest BCUT2D eigenvalue weighted by molar-refractivity contribution is 5.81. The molecule has 0 spiro atoms. The molecule has 3 heteroatoms. The van der Waals surface area contributed by atoms with Gasteiger partial charge in [0.1, 0.15) is 5.75 Å². The summed E-state index contributed by atoms with van der Waals surface area (Å²) in [5, 5.41) is 2.90. The van der Waals surface area contributed by atoms with Gasteiger partial charge >= 0.3 is 0 Å². The molecular weight excluding hydrogens is 226 g/mol. The molecule has 0 aliphatic rings. The summed E-state index contributed by atoms with van der Waals surface area (Å²) in [6.45, 7) is 8.79. The number of benzene rings is 1. The van der Waals surface area contributed by atoms with E-state index in [0.717, 1.165) is 11.3 Å². The lowest BCUT2D eigenvalue weighted by Gasteiger charge is -2.18. The Balaban J connectivity index is 2.58. The number of nitrogens with one attached hydrogen (secondary N) is 1. The SMILES string of the molecule is CCC(Oc1cccc(C)c1)C(=O)NCC(C)C. The summed E-state index contributed by atoms with van der Waals surface area (Å²) in [5.41, 5.74) is 1.13. The van der Waals surface area contributed by atoms with E-state index in [4.69, 9.17) is 4.74 Å². The molecule has 0 aliphatic carbocycles. The molecule has 3 nitrogen and oxygen atoms in total. The molecule has 0 aromatic heterocycles. The van der Waals surface area contributed by atoms with Crippen molar-refractivity contribution in [3.63, 3.8) is 0 Å². The van der Waals surface area contributed by atoms with Gasteiger partial charge in [-0.1, -0.05) is 32.9 Å². The van der Waals surface area contributed by atoms with E-state index in [2.05, 4.69) is 19.2 Å². The Morgan fingerprint density at radius 1 is 1.39 bits per heavy atom. The second kappa shape index (κ2) is 7.04. The van der Waals surface area contributed by atoms with Crippen LogP contribution in [0.1, 0.15) is 32.8 Å². The van der Waals surface area contributed by atoms with Crippen LogP contribution >= 0.6 is 0 Å². The van der Waals surface area contributed by atoms with Crippen LogP contribution in [0.25, 0.3) is 0 Å². The van der Waals surface area contributed by atoms with Crippen LogP contribution in [0.2, 0.25) is 0 Å². The van der Waals surface area contributed by atoms with Crippen molar-refractivity contribution in [1.29, 1.82) is 0 Å². The van der Waals surface area contributed by atoms with E-state index in [1.807, 2.05) is 38.1 Å². The largest absolute Gasteiger partial charge is 0.481 e. The highest BCUT2D eigenvalue weighted by atomic mass is 16.5. The number of carbonyl (C=O) groups excluding carboxylic acids is 1. The topological polar surface area (TPSA) is 38.3 Å². The van der Waals surface area contributed by atoms with Crippen molar-refractivity contribution < 1.29 is 9.53 Å². The normalized spacial score (nSPS) is 12.3. The number of hydrogen-bond donors (Lipinski definition) is 1. The predicted molar refractivity (Wildman–Crippen MR) is 73.7 cm³/mol. The smallest absolute Gasteiger partial charge is 0.261 e. The van der Waals surface area contributed by atoms with E-state index in [9.17, 15) is 4.79 Å². The molecule has 0 fully saturated rings. The zero-order valence-electron chi connectivity index (χ0n) is 11.7. The van der Waals surface area contributed by atoms with Gasteiger partial charge in [-0.05, 0) is 37.0 Å². The van der Waals surface area contributed by atoms with Crippen LogP contribution in [-0.4, -0.2) is 18.6 Å². The molecule has 0 aliphatic heterocycles. The van der Waals surface area contributed by atoms with Gasteiger partial charge in [0.2, 0.25) is 0 Å². The lowest BCUT2D eigenvalue weighted by atomic mass is 10.2. The zero-order chi connectivity index (χ0) is 13.5. The lowest BCUT2D eigenvalue weighted by molar-refractivity contribution is -0.128. The minimum absolute atomic E-state index is 0.0345. The summed E-state index contributed by atoms with van der Waals surface area (Å²) in [4.78, 5) is 11.9. The third-order valence-electron chi connectivity index (χ3n) is 2.62. The fraction of sp³-hybridized carbons (Fsp3) is 0.533. The second-order valence-corrected chi connectivity index (χ2v) is 4.97. The molecule has 1 rings (SSSR count). The Hall–Kier alpha value is -1.51. The molecule has 0 radical (unpaired) electrons. The predicted octanol–water partition coefficient (Wildman–Crippen LogP) is 2.92. The van der Waals surface area contributed by atoms with Crippen LogP contribution in [0.15, 0.2) is 24.3 Å². The average Bonchev–Trinajstić information content (AvgIpc) is 2.33. The Morgan fingerprint density at radius 2 is 2.11 bits per heavy atom. The number of amides is 1. The zero-order valence-corrected chi connectivity index (χ0v) is 11.7. The van der Waals surface area contributed by atoms with Crippen LogP contribution in [0, 0.1) is 12.8 Å². The fourth-order valence-electron chi connectivity index (χ4n) is 1.59. The standard InChI is InChI=1S/C15H23NO2/c1-5-14(15(17)16-10-11(2)3)18-13-8-6-7-12(4)9-13/h6-9,11,14H,5,10H2,1-4H3,(H,16,17). The summed E-state index contributed by atoms with van der Waals surface area (Å²) in [5.74, 6) is 1.17. The van der Waals surface area contributed by atoms with Gasteiger partial charge in [0.25, 0.3) is 5.91 Å². The summed E-state index contributed by atoms with van der Waals surface area (Å²) in [6.07, 6.45) is 0.253. The van der Waals surface area contributed by atoms with Crippen LogP contribution in [0.3, 0.4) is 0 Å². The van der Waals surface area contributed by atoms with Crippen molar-refractivity contribution in [2.45, 2.75) is 40.2 Å². The minimum Gasteiger partial charge on any atom is -0.481 e. The van der Waals surface area contributed by atoms with E-state index in [-0.39, 0.29) is 5.91 Å². The van der Waals surface area contributed by atoms with E-state index in [0.29, 0.717) is 18.9 Å². The minimum atomic E-state index is -0.412. The maximum Gasteiger partial charge on any atom is 0.261 e. The van der Waals surface area contributed by atoms with Crippen molar-refractivity contribution in [2.75, 3.05) is 6.54 Å². The van der Waals surface area contributed by atoms with E-state index >= 15 is 0 Å². The van der Waals surface area contributed by atoms with Gasteiger partial charge in [0.15, 0.2) is 6.10 Å². The summed E-state index contributed by atoms with van der Waals surface area (Å²) in [7, 11) is 0. The molecule has 0 bridgehead atoms. The average molecular weight is 249 g/mol. The maximum absolute atomic E-state index is 11.9. The summed E-state index contributed by atoms with van der Waals surface area (Å²) >= 11 is 0. The van der Waals surface area contributed by atoms with E-state index in [1.54, 1.807) is 0 Å². The van der Waals surface area contributed by atoms with E-state index < -0.39 is 6.10 Å². The second-order valence-electron chi connectivity index (χ2n) is 4.97. The quantitative estimate of drug-likeness (QED) is 0.841. The van der Waals surface area contributed by atoms with Crippen LogP contribution in [0.5, 0.6) is 5.75 Å². The maximum atomic E-state index is 11.9. The van der Waals surface area contributed by atoms with Crippen molar-refractivity contribution in [2.24, 2.45) is 5.92 Å². The van der Waals surface area contributed by atoms with Crippen LogP contribution < -0.4 is 10.1 Å². The van der Waals surface area contributed by atoms with Gasteiger partial charge in [0.05, 0.1) is 0 Å². The van der Waals surface area contributed by atoms with Gasteiger partial charge in [-0.15, -0.1) is 0 Å². The van der Waals surface area contributed by atoms with Gasteiger partial charge in [-0.25, -0.2) is 0 Å². The molecule has 0 saturated heterocycles. The molecule has 1 unspecified atom stereocenters. The number of rotatable bonds is 6. The Morgan fingerprint density at radius 3 is 2.67 bits per heavy atom. The van der Waals surface area contributed by atoms with E-state index in [1.165, 1.54) is 0 Å². The summed E-state index contributed by atoms with van der Waals surface area (Å²) < 4.78 is 5.73. The monoisotopic (exact) mass is 249 g/mol. The molecule has 1 aromatic rings. The van der Waals surface area contributed by atoms with Gasteiger partial charge < -0.3 is 10.1 Å². The van der Waals surface area contributed by atoms with Crippen molar-refractivity contribution in [3.05, 3.63) is 29.8 Å². The lowest BCUT2D eigenvalue weighted by Crippen LogP contribution is -2.39. The van der Waals surface area contributed by atoms with Gasteiger partial charge in [0, 0.05) is 6.54 Å². The molecule has 1 N–H and O–H groups in total. The first-order chi connectivity index (χ1) is 8.52. The number of carbonyl (C=O) groups is 1. The molecule has 1 amide bonds. The number of aryl methyl sites for hydroxylation is 1. The Kier molecular flexibility index (Phi) is 5.69. The third kappa shape index (κ3) is 4.78. The van der Waals surface area contributed by atoms with Gasteiger partial charge in [-0.3, -0.25) is 4.79 Å². The number of ether oxygens (including phenoxy) is 1. The molecule has 18 heavy (non-hydrogen) atoms. The highest BCUT2D eigenvalue weighted by Crippen LogP contribution is 2.15. The van der Waals surface area contributed by atoms with Crippen molar-refractivity contribution >= 4 is 5.91 Å². The molecule has 1 atom stereocenters. The molecule has 100 valence electrons. The highest BCUT2D eigenvalue weighted by Gasteiger charge is 2.18. The number of hydrogen-bond acceptors (Lipinski definition) is 2. The third-order valence-corrected chi connectivity index (χ3v) is 2.62. The Labute approximate surface area is 110 Å². The van der Waals surface area contributed by atoms with Gasteiger partial charge in [-0.2, -0.15) is 0 Å². The molecule has 1 aromatic carbocycles. The van der Waals surface area contributed by atoms with Crippen molar-refractivity contribution in [1.82, 2.24) is 5.32 Å². The van der Waals surface area contributed by atoms with Crippen molar-refractivity contribution in [3.8, 4) is 5.75 Å². The fourth-order valence-corrected chi connectivity index (χ4v) is 1.59. The van der Waals surface area contributed by atoms with Crippen LogP contribution in [-0.2, 0) is 4.79 Å². The first-order valence-corrected chi connectivity index (χ1v) is 6.54. The molecule has 0 heterocycles. The Bertz CT molecular complexity index is 388. The summed E-state index contributed by atoms with van der Waals surface area (Å²) in [6, 6.07) is 7.76. The first-order valence-electron chi connectivity index (χ1n) is 6.54. The molecule has 0 saturated carbocycles. The first kappa shape index (κ1) is 14.6. The van der Waals surface area contributed by atoms with Crippen LogP contribution in [0.4, 0.5) is 0 Å².